The van der Waals surface area contributed by atoms with Gasteiger partial charge in [-0.15, -0.1) is 0 Å². The number of benzene rings is 1. The van der Waals surface area contributed by atoms with Crippen molar-refractivity contribution in [1.82, 2.24) is 20.1 Å². The second kappa shape index (κ2) is 8.28. The molecule has 3 aromatic rings. The number of pyridine rings is 1. The molecule has 0 bridgehead atoms. The van der Waals surface area contributed by atoms with Gasteiger partial charge in [0.15, 0.2) is 5.65 Å². The number of nitrogens with one attached hydrogen (secondary N) is 2. The Hall–Kier alpha value is -3.22. The largest absolute Gasteiger partial charge is 0.343 e. The molecule has 0 atom stereocenters. The lowest BCUT2D eigenvalue weighted by Gasteiger charge is -2.20. The third-order valence-electron chi connectivity index (χ3n) is 6.06. The first-order chi connectivity index (χ1) is 15.5. The van der Waals surface area contributed by atoms with Crippen molar-refractivity contribution in [3.8, 4) is 0 Å². The molecule has 2 aromatic heterocycles. The van der Waals surface area contributed by atoms with E-state index in [2.05, 4.69) is 31.4 Å². The van der Waals surface area contributed by atoms with Gasteiger partial charge in [0.05, 0.1) is 28.7 Å². The molecule has 1 aliphatic carbocycles. The van der Waals surface area contributed by atoms with Crippen LogP contribution < -0.4 is 10.6 Å². The van der Waals surface area contributed by atoms with Crippen LogP contribution in [0.2, 0.25) is 0 Å². The number of hydrogen-bond donors (Lipinski definition) is 2. The molecule has 7 nitrogen and oxygen atoms in total. The van der Waals surface area contributed by atoms with Crippen LogP contribution in [-0.4, -0.2) is 33.1 Å². The Kier molecular flexibility index (Phi) is 5.76. The fourth-order valence-electron chi connectivity index (χ4n) is 4.36. The lowest BCUT2D eigenvalue weighted by Crippen LogP contribution is -2.33. The molecule has 1 aromatic carbocycles. The highest BCUT2D eigenvalue weighted by molar-refractivity contribution is 6.08. The second-order valence-electron chi connectivity index (χ2n) is 10.2. The van der Waals surface area contributed by atoms with Crippen LogP contribution in [0.5, 0.6) is 0 Å². The smallest absolute Gasteiger partial charge is 0.252 e. The number of carbonyl (C=O) groups is 2. The molecule has 33 heavy (non-hydrogen) atoms. The van der Waals surface area contributed by atoms with Crippen LogP contribution in [0.3, 0.4) is 0 Å². The Balaban J connectivity index is 1.59. The standard InChI is InChI=1S/C26H33N5O2/c1-14-10-15(2)23(16(3)11-14)29-21(32)13-27-25(33)19-12-20(18-8-9-18)28-24-22(19)17(4)30-31(24)26(5,6)7/h10-12,18H,8-9,13H2,1-7H3,(H,27,33)(H,29,32). The molecule has 4 rings (SSSR count). The quantitative estimate of drug-likeness (QED) is 0.595. The van der Waals surface area contributed by atoms with Crippen LogP contribution in [0.1, 0.15) is 78.0 Å². The first-order valence-corrected chi connectivity index (χ1v) is 11.5. The molecule has 1 saturated carbocycles. The van der Waals surface area contributed by atoms with Gasteiger partial charge in [-0.25, -0.2) is 9.67 Å². The summed E-state index contributed by atoms with van der Waals surface area (Å²) in [6, 6.07) is 5.94. The van der Waals surface area contributed by atoms with Gasteiger partial charge in [0.25, 0.3) is 5.91 Å². The number of rotatable bonds is 5. The highest BCUT2D eigenvalue weighted by Crippen LogP contribution is 2.41. The predicted molar refractivity (Wildman–Crippen MR) is 131 cm³/mol. The number of fused-ring (bicyclic) bond motifs is 1. The van der Waals surface area contributed by atoms with Crippen molar-refractivity contribution in [2.45, 2.75) is 72.8 Å². The molecule has 2 heterocycles. The fraction of sp³-hybridized carbons (Fsp3) is 0.462. The lowest BCUT2D eigenvalue weighted by molar-refractivity contribution is -0.115. The molecule has 0 unspecified atom stereocenters. The van der Waals surface area contributed by atoms with Gasteiger partial charge >= 0.3 is 0 Å². The summed E-state index contributed by atoms with van der Waals surface area (Å²) in [5.41, 5.74) is 6.63. The van der Waals surface area contributed by atoms with Crippen LogP contribution in [0.25, 0.3) is 11.0 Å². The van der Waals surface area contributed by atoms with Crippen molar-refractivity contribution in [3.63, 3.8) is 0 Å². The molecule has 7 heteroatoms. The Morgan fingerprint density at radius 2 is 1.70 bits per heavy atom. The van der Waals surface area contributed by atoms with Gasteiger partial charge in [-0.05, 0) is 78.5 Å². The van der Waals surface area contributed by atoms with Crippen LogP contribution in [0, 0.1) is 27.7 Å². The summed E-state index contributed by atoms with van der Waals surface area (Å²) in [7, 11) is 0. The summed E-state index contributed by atoms with van der Waals surface area (Å²) < 4.78 is 1.90. The minimum absolute atomic E-state index is 0.110. The first kappa shape index (κ1) is 23.0. The summed E-state index contributed by atoms with van der Waals surface area (Å²) in [4.78, 5) is 30.8. The van der Waals surface area contributed by atoms with Crippen molar-refractivity contribution in [3.05, 3.63) is 51.8 Å². The van der Waals surface area contributed by atoms with E-state index in [1.807, 2.05) is 50.6 Å². The average Bonchev–Trinajstić information content (AvgIpc) is 3.51. The van der Waals surface area contributed by atoms with Crippen LogP contribution >= 0.6 is 0 Å². The Morgan fingerprint density at radius 3 is 2.27 bits per heavy atom. The highest BCUT2D eigenvalue weighted by atomic mass is 16.2. The SMILES string of the molecule is Cc1cc(C)c(NC(=O)CNC(=O)c2cc(C3CC3)nc3c2c(C)nn3C(C)(C)C)c(C)c1. The Morgan fingerprint density at radius 1 is 1.06 bits per heavy atom. The maximum Gasteiger partial charge on any atom is 0.252 e. The van der Waals surface area contributed by atoms with Crippen molar-refractivity contribution < 1.29 is 9.59 Å². The second-order valence-corrected chi connectivity index (χ2v) is 10.2. The summed E-state index contributed by atoms with van der Waals surface area (Å²) >= 11 is 0. The summed E-state index contributed by atoms with van der Waals surface area (Å²) in [6.45, 7) is 14.0. The molecular formula is C26H33N5O2. The van der Waals surface area contributed by atoms with E-state index < -0.39 is 0 Å². The molecule has 2 N–H and O–H groups in total. The predicted octanol–water partition coefficient (Wildman–Crippen LogP) is 4.67. The van der Waals surface area contributed by atoms with Gasteiger partial charge in [0.1, 0.15) is 0 Å². The number of nitrogens with zero attached hydrogens (tertiary/aromatic N) is 3. The summed E-state index contributed by atoms with van der Waals surface area (Å²) in [5.74, 6) is -0.151. The number of aromatic nitrogens is 3. The first-order valence-electron chi connectivity index (χ1n) is 11.5. The topological polar surface area (TPSA) is 88.9 Å². The van der Waals surface area contributed by atoms with Crippen molar-refractivity contribution in [2.75, 3.05) is 11.9 Å². The third-order valence-corrected chi connectivity index (χ3v) is 6.06. The number of aryl methyl sites for hydroxylation is 4. The molecular weight excluding hydrogens is 414 g/mol. The molecule has 0 aliphatic heterocycles. The molecule has 1 aliphatic rings. The minimum Gasteiger partial charge on any atom is -0.343 e. The molecule has 0 saturated heterocycles. The molecule has 1 fully saturated rings. The van der Waals surface area contributed by atoms with Crippen molar-refractivity contribution >= 4 is 28.5 Å². The Bertz CT molecular complexity index is 1240. The monoisotopic (exact) mass is 447 g/mol. The van der Waals surface area contributed by atoms with E-state index in [1.165, 1.54) is 0 Å². The minimum atomic E-state index is -0.284. The number of hydrogen-bond acceptors (Lipinski definition) is 4. The van der Waals surface area contributed by atoms with E-state index in [9.17, 15) is 9.59 Å². The zero-order valence-electron chi connectivity index (χ0n) is 20.6. The van der Waals surface area contributed by atoms with Gasteiger partial charge in [-0.1, -0.05) is 17.7 Å². The van der Waals surface area contributed by atoms with Crippen molar-refractivity contribution in [1.29, 1.82) is 0 Å². The zero-order chi connectivity index (χ0) is 24.1. The van der Waals surface area contributed by atoms with Crippen LogP contribution in [0.4, 0.5) is 5.69 Å². The number of carbonyl (C=O) groups excluding carboxylic acids is 2. The van der Waals surface area contributed by atoms with Crippen molar-refractivity contribution in [2.24, 2.45) is 0 Å². The number of amides is 2. The van der Waals surface area contributed by atoms with Gasteiger partial charge in [-0.2, -0.15) is 5.10 Å². The van der Waals surface area contributed by atoms with Gasteiger partial charge in [0, 0.05) is 17.3 Å². The Labute approximate surface area is 195 Å². The van der Waals surface area contributed by atoms with E-state index in [-0.39, 0.29) is 23.9 Å². The lowest BCUT2D eigenvalue weighted by atomic mass is 10.1. The van der Waals surface area contributed by atoms with E-state index >= 15 is 0 Å². The van der Waals surface area contributed by atoms with Gasteiger partial charge < -0.3 is 10.6 Å². The molecule has 2 amide bonds. The molecule has 174 valence electrons. The van der Waals surface area contributed by atoms with Gasteiger partial charge in [0.2, 0.25) is 5.91 Å². The van der Waals surface area contributed by atoms with Crippen LogP contribution in [0.15, 0.2) is 18.2 Å². The third kappa shape index (κ3) is 4.63. The molecule has 0 spiro atoms. The number of anilines is 1. The van der Waals surface area contributed by atoms with E-state index in [4.69, 9.17) is 10.1 Å². The van der Waals surface area contributed by atoms with Crippen LogP contribution in [-0.2, 0) is 10.3 Å². The fourth-order valence-corrected chi connectivity index (χ4v) is 4.36. The maximum atomic E-state index is 13.2. The zero-order valence-corrected chi connectivity index (χ0v) is 20.6. The normalized spacial score (nSPS) is 13.9. The van der Waals surface area contributed by atoms with E-state index in [0.717, 1.165) is 57.6 Å². The summed E-state index contributed by atoms with van der Waals surface area (Å²) in [5, 5.41) is 11.2. The van der Waals surface area contributed by atoms with Gasteiger partial charge in [-0.3, -0.25) is 9.59 Å². The highest BCUT2D eigenvalue weighted by Gasteiger charge is 2.30. The summed E-state index contributed by atoms with van der Waals surface area (Å²) in [6.07, 6.45) is 2.17. The van der Waals surface area contributed by atoms with E-state index in [1.54, 1.807) is 0 Å². The molecule has 0 radical (unpaired) electrons. The van der Waals surface area contributed by atoms with E-state index in [0.29, 0.717) is 11.5 Å². The maximum absolute atomic E-state index is 13.2. The average molecular weight is 448 g/mol.